The van der Waals surface area contributed by atoms with Gasteiger partial charge in [-0.05, 0) is 18.6 Å². The Morgan fingerprint density at radius 2 is 2.21 bits per heavy atom. The Kier molecular flexibility index (Phi) is 1.99. The first-order valence-corrected chi connectivity index (χ1v) is 5.60. The first kappa shape index (κ1) is 9.45. The molecule has 5 heteroatoms. The molecule has 76 valence electrons. The molecule has 14 heavy (non-hydrogen) atoms. The lowest BCUT2D eigenvalue weighted by Gasteiger charge is -2.05. The summed E-state index contributed by atoms with van der Waals surface area (Å²) in [4.78, 5) is -0.362. The molecule has 0 N–H and O–H groups in total. The highest BCUT2D eigenvalue weighted by atomic mass is 32.3. The Morgan fingerprint density at radius 3 is 2.86 bits per heavy atom. The fraction of sp³-hybridized carbons (Fsp3) is 0.333. The molecule has 1 unspecified atom stereocenters. The van der Waals surface area contributed by atoms with Crippen LogP contribution in [0.15, 0.2) is 23.1 Å². The topological polar surface area (TPSA) is 43.4 Å². The third-order valence-corrected chi connectivity index (χ3v) is 3.00. The van der Waals surface area contributed by atoms with Crippen LogP contribution in [-0.2, 0) is 16.6 Å². The highest BCUT2D eigenvalue weighted by molar-refractivity contribution is 7.86. The molecular formula is C9H9FO3S. The SMILES string of the molecule is CC1Cc2cccc(S(=O)(=O)F)c2O1. The van der Waals surface area contributed by atoms with Gasteiger partial charge in [0.25, 0.3) is 0 Å². The van der Waals surface area contributed by atoms with Crippen molar-refractivity contribution >= 4 is 10.2 Å². The third kappa shape index (κ3) is 1.48. The molecule has 0 amide bonds. The first-order chi connectivity index (χ1) is 6.48. The van der Waals surface area contributed by atoms with Crippen LogP contribution >= 0.6 is 0 Å². The zero-order valence-electron chi connectivity index (χ0n) is 7.53. The molecule has 0 saturated carbocycles. The van der Waals surface area contributed by atoms with Crippen LogP contribution in [0.3, 0.4) is 0 Å². The predicted molar refractivity (Wildman–Crippen MR) is 48.5 cm³/mol. The summed E-state index contributed by atoms with van der Waals surface area (Å²) in [5.74, 6) is 0.169. The second kappa shape index (κ2) is 2.95. The number of hydrogen-bond donors (Lipinski definition) is 0. The van der Waals surface area contributed by atoms with Crippen LogP contribution in [0.4, 0.5) is 3.89 Å². The average Bonchev–Trinajstić information content (AvgIpc) is 2.41. The summed E-state index contributed by atoms with van der Waals surface area (Å²) in [6.07, 6.45) is 0.534. The molecule has 1 atom stereocenters. The summed E-state index contributed by atoms with van der Waals surface area (Å²) >= 11 is 0. The van der Waals surface area contributed by atoms with E-state index < -0.39 is 10.2 Å². The van der Waals surface area contributed by atoms with Crippen LogP contribution in [-0.4, -0.2) is 14.5 Å². The monoisotopic (exact) mass is 216 g/mol. The lowest BCUT2D eigenvalue weighted by Crippen LogP contribution is -2.06. The van der Waals surface area contributed by atoms with Gasteiger partial charge in [0.15, 0.2) is 0 Å². The van der Waals surface area contributed by atoms with E-state index in [2.05, 4.69) is 0 Å². The molecule has 0 fully saturated rings. The van der Waals surface area contributed by atoms with Crippen molar-refractivity contribution in [1.29, 1.82) is 0 Å². The number of para-hydroxylation sites is 1. The van der Waals surface area contributed by atoms with Gasteiger partial charge in [0.1, 0.15) is 16.7 Å². The van der Waals surface area contributed by atoms with Gasteiger partial charge in [0, 0.05) is 6.42 Å². The maximum absolute atomic E-state index is 12.8. The molecule has 1 aliphatic heterocycles. The number of halogens is 1. The number of benzene rings is 1. The van der Waals surface area contributed by atoms with Crippen LogP contribution in [0.5, 0.6) is 5.75 Å². The Hall–Kier alpha value is -1.10. The van der Waals surface area contributed by atoms with Gasteiger partial charge in [-0.2, -0.15) is 8.42 Å². The van der Waals surface area contributed by atoms with Crippen LogP contribution in [0.25, 0.3) is 0 Å². The summed E-state index contributed by atoms with van der Waals surface area (Å²) in [6.45, 7) is 1.81. The highest BCUT2D eigenvalue weighted by Gasteiger charge is 2.27. The van der Waals surface area contributed by atoms with E-state index in [1.807, 2.05) is 6.92 Å². The smallest absolute Gasteiger partial charge is 0.335 e. The van der Waals surface area contributed by atoms with Crippen LogP contribution in [0.2, 0.25) is 0 Å². The van der Waals surface area contributed by atoms with E-state index >= 15 is 0 Å². The van der Waals surface area contributed by atoms with Crippen molar-refractivity contribution in [2.24, 2.45) is 0 Å². The van der Waals surface area contributed by atoms with E-state index in [1.54, 1.807) is 6.07 Å². The van der Waals surface area contributed by atoms with E-state index in [-0.39, 0.29) is 16.7 Å². The largest absolute Gasteiger partial charge is 0.489 e. The van der Waals surface area contributed by atoms with E-state index in [4.69, 9.17) is 4.74 Å². The molecule has 1 aromatic rings. The lowest BCUT2D eigenvalue weighted by molar-refractivity contribution is 0.249. The van der Waals surface area contributed by atoms with Gasteiger partial charge >= 0.3 is 10.2 Å². The van der Waals surface area contributed by atoms with E-state index in [0.717, 1.165) is 5.56 Å². The Labute approximate surface area is 81.7 Å². The average molecular weight is 216 g/mol. The number of rotatable bonds is 1. The maximum Gasteiger partial charge on any atom is 0.335 e. The minimum atomic E-state index is -4.68. The highest BCUT2D eigenvalue weighted by Crippen LogP contribution is 2.35. The van der Waals surface area contributed by atoms with Crippen molar-refractivity contribution in [2.75, 3.05) is 0 Å². The molecule has 0 aliphatic carbocycles. The number of fused-ring (bicyclic) bond motifs is 1. The van der Waals surface area contributed by atoms with Gasteiger partial charge in [-0.25, -0.2) is 0 Å². The molecular weight excluding hydrogens is 207 g/mol. The molecule has 1 heterocycles. The summed E-state index contributed by atoms with van der Waals surface area (Å²) in [5, 5.41) is 0. The van der Waals surface area contributed by atoms with Gasteiger partial charge in [-0.15, -0.1) is 3.89 Å². The maximum atomic E-state index is 12.8. The number of hydrogen-bond acceptors (Lipinski definition) is 3. The van der Waals surface area contributed by atoms with E-state index in [0.29, 0.717) is 6.42 Å². The van der Waals surface area contributed by atoms with Crippen molar-refractivity contribution < 1.29 is 17.0 Å². The predicted octanol–water partition coefficient (Wildman–Crippen LogP) is 1.67. The van der Waals surface area contributed by atoms with Crippen molar-refractivity contribution in [3.63, 3.8) is 0 Å². The van der Waals surface area contributed by atoms with Crippen molar-refractivity contribution in [3.05, 3.63) is 23.8 Å². The van der Waals surface area contributed by atoms with Crippen molar-refractivity contribution in [2.45, 2.75) is 24.3 Å². The summed E-state index contributed by atoms with van der Waals surface area (Å²) in [6, 6.07) is 4.48. The third-order valence-electron chi connectivity index (χ3n) is 2.15. The van der Waals surface area contributed by atoms with E-state index in [9.17, 15) is 12.3 Å². The van der Waals surface area contributed by atoms with Crippen molar-refractivity contribution in [3.8, 4) is 5.75 Å². The summed E-state index contributed by atoms with van der Waals surface area (Å²) in [5.41, 5.74) is 0.747. The van der Waals surface area contributed by atoms with Gasteiger partial charge in [0.05, 0.1) is 0 Å². The fourth-order valence-corrected chi connectivity index (χ4v) is 2.24. The van der Waals surface area contributed by atoms with Gasteiger partial charge < -0.3 is 4.74 Å². The zero-order chi connectivity index (χ0) is 10.3. The zero-order valence-corrected chi connectivity index (χ0v) is 8.34. The summed E-state index contributed by atoms with van der Waals surface area (Å²) in [7, 11) is -4.68. The Balaban J connectivity index is 2.62. The molecule has 1 aliphatic rings. The molecule has 1 aromatic carbocycles. The van der Waals surface area contributed by atoms with Crippen LogP contribution in [0.1, 0.15) is 12.5 Å². The lowest BCUT2D eigenvalue weighted by atomic mass is 10.1. The molecule has 2 rings (SSSR count). The minimum Gasteiger partial charge on any atom is -0.489 e. The second-order valence-electron chi connectivity index (χ2n) is 3.31. The van der Waals surface area contributed by atoms with E-state index in [1.165, 1.54) is 12.1 Å². The van der Waals surface area contributed by atoms with Gasteiger partial charge in [0.2, 0.25) is 0 Å². The standard InChI is InChI=1S/C9H9FO3S/c1-6-5-7-3-2-4-8(9(7)13-6)14(10,11)12/h2-4,6H,5H2,1H3. The van der Waals surface area contributed by atoms with Gasteiger partial charge in [-0.3, -0.25) is 0 Å². The van der Waals surface area contributed by atoms with Crippen molar-refractivity contribution in [1.82, 2.24) is 0 Å². The summed E-state index contributed by atoms with van der Waals surface area (Å²) < 4.78 is 39.5. The first-order valence-electron chi connectivity index (χ1n) is 4.21. The molecule has 0 aromatic heterocycles. The second-order valence-corrected chi connectivity index (χ2v) is 4.63. The molecule has 0 radical (unpaired) electrons. The van der Waals surface area contributed by atoms with Crippen LogP contribution < -0.4 is 4.74 Å². The van der Waals surface area contributed by atoms with Gasteiger partial charge in [-0.1, -0.05) is 12.1 Å². The Bertz CT molecular complexity index is 467. The fourth-order valence-electron chi connectivity index (χ4n) is 1.60. The van der Waals surface area contributed by atoms with Crippen LogP contribution in [0, 0.1) is 0 Å². The molecule has 0 saturated heterocycles. The minimum absolute atomic E-state index is 0.0899. The molecule has 0 bridgehead atoms. The quantitative estimate of drug-likeness (QED) is 0.671. The normalized spacial score (nSPS) is 20.3. The molecule has 3 nitrogen and oxygen atoms in total. The number of ether oxygens (including phenoxy) is 1. The Morgan fingerprint density at radius 1 is 1.50 bits per heavy atom. The molecule has 0 spiro atoms.